The van der Waals surface area contributed by atoms with Crippen molar-refractivity contribution in [2.24, 2.45) is 0 Å². The van der Waals surface area contributed by atoms with Gasteiger partial charge in [-0.3, -0.25) is 9.69 Å². The van der Waals surface area contributed by atoms with Gasteiger partial charge < -0.3 is 9.47 Å². The highest BCUT2D eigenvalue weighted by molar-refractivity contribution is 6.02. The fourth-order valence-electron chi connectivity index (χ4n) is 3.47. The van der Waals surface area contributed by atoms with E-state index in [4.69, 9.17) is 9.47 Å². The second kappa shape index (κ2) is 7.75. The lowest BCUT2D eigenvalue weighted by Crippen LogP contribution is -2.30. The van der Waals surface area contributed by atoms with Crippen LogP contribution in [0.15, 0.2) is 54.6 Å². The summed E-state index contributed by atoms with van der Waals surface area (Å²) in [4.78, 5) is 14.0. The first-order valence-electron chi connectivity index (χ1n) is 9.19. The highest BCUT2D eigenvalue weighted by atomic mass is 16.5. The van der Waals surface area contributed by atoms with Crippen LogP contribution in [0.1, 0.15) is 28.8 Å². The molecule has 4 rings (SSSR count). The number of rotatable bonds is 6. The third kappa shape index (κ3) is 3.81. The number of nitrogens with zero attached hydrogens (tertiary/aromatic N) is 1. The van der Waals surface area contributed by atoms with E-state index in [1.54, 1.807) is 6.07 Å². The van der Waals surface area contributed by atoms with Crippen LogP contribution in [0.3, 0.4) is 0 Å². The van der Waals surface area contributed by atoms with E-state index in [0.29, 0.717) is 17.9 Å². The lowest BCUT2D eigenvalue weighted by Gasteiger charge is -2.26. The van der Waals surface area contributed by atoms with Gasteiger partial charge in [-0.25, -0.2) is 0 Å². The lowest BCUT2D eigenvalue weighted by atomic mass is 9.99. The van der Waals surface area contributed by atoms with Crippen LogP contribution < -0.4 is 9.47 Å². The number of ether oxygens (including phenoxy) is 2. The van der Waals surface area contributed by atoms with Gasteiger partial charge in [-0.2, -0.15) is 0 Å². The molecular weight excluding hydrogens is 326 g/mol. The second-order valence-electron chi connectivity index (χ2n) is 6.72. The first kappa shape index (κ1) is 16.9. The summed E-state index contributed by atoms with van der Waals surface area (Å²) < 4.78 is 11.2. The molecule has 0 spiro atoms. The minimum Gasteiger partial charge on any atom is -0.493 e. The Hall–Kier alpha value is -2.59. The summed E-state index contributed by atoms with van der Waals surface area (Å²) >= 11 is 0. The van der Waals surface area contributed by atoms with Gasteiger partial charge in [-0.05, 0) is 36.1 Å². The number of hydrogen-bond acceptors (Lipinski definition) is 4. The third-order valence-corrected chi connectivity index (χ3v) is 4.94. The summed E-state index contributed by atoms with van der Waals surface area (Å²) in [5.74, 6) is 1.45. The van der Waals surface area contributed by atoms with Crippen LogP contribution in [0.5, 0.6) is 11.5 Å². The van der Waals surface area contributed by atoms with Gasteiger partial charge in [0.25, 0.3) is 0 Å². The van der Waals surface area contributed by atoms with Crippen LogP contribution in [-0.4, -0.2) is 43.5 Å². The van der Waals surface area contributed by atoms with Crippen LogP contribution in [0.4, 0.5) is 0 Å². The molecule has 4 heteroatoms. The topological polar surface area (TPSA) is 38.8 Å². The molecule has 0 amide bonds. The molecule has 2 heterocycles. The highest BCUT2D eigenvalue weighted by Crippen LogP contribution is 2.29. The maximum Gasteiger partial charge on any atom is 0.203 e. The van der Waals surface area contributed by atoms with E-state index in [0.717, 1.165) is 38.2 Å². The van der Waals surface area contributed by atoms with Crippen LogP contribution in [-0.2, 0) is 0 Å². The predicted octanol–water partition coefficient (Wildman–Crippen LogP) is 3.82. The van der Waals surface area contributed by atoms with Crippen molar-refractivity contribution in [3.63, 3.8) is 0 Å². The molecule has 2 aliphatic heterocycles. The van der Waals surface area contributed by atoms with Crippen molar-refractivity contribution in [1.82, 2.24) is 4.90 Å². The maximum atomic E-state index is 11.5. The zero-order chi connectivity index (χ0) is 17.8. The molecule has 26 heavy (non-hydrogen) atoms. The quantitative estimate of drug-likeness (QED) is 0.743. The maximum absolute atomic E-state index is 11.5. The van der Waals surface area contributed by atoms with Crippen LogP contribution in [0.25, 0.3) is 5.57 Å². The molecule has 0 unspecified atom stereocenters. The van der Waals surface area contributed by atoms with E-state index in [1.165, 1.54) is 11.1 Å². The SMILES string of the molecule is O=C1COc2cc(OCCCN3CC=C(c4ccccc4)CC3)ccc21. The Morgan fingerprint density at radius 2 is 2.00 bits per heavy atom. The molecule has 0 radical (unpaired) electrons. The highest BCUT2D eigenvalue weighted by Gasteiger charge is 2.21. The first-order chi connectivity index (χ1) is 12.8. The molecule has 0 atom stereocenters. The number of fused-ring (bicyclic) bond motifs is 1. The lowest BCUT2D eigenvalue weighted by molar-refractivity contribution is 0.0961. The fourth-order valence-corrected chi connectivity index (χ4v) is 3.47. The largest absolute Gasteiger partial charge is 0.493 e. The standard InChI is InChI=1S/C22H23NO3/c24-21-16-26-22-15-19(7-8-20(21)22)25-14-4-11-23-12-9-18(10-13-23)17-5-2-1-3-6-17/h1-3,5-9,15H,4,10-14,16H2. The Morgan fingerprint density at radius 3 is 2.81 bits per heavy atom. The summed E-state index contributed by atoms with van der Waals surface area (Å²) in [6.45, 7) is 3.93. The summed E-state index contributed by atoms with van der Waals surface area (Å²) in [6, 6.07) is 16.1. The van der Waals surface area contributed by atoms with E-state index in [9.17, 15) is 4.79 Å². The van der Waals surface area contributed by atoms with E-state index in [-0.39, 0.29) is 12.4 Å². The summed E-state index contributed by atoms with van der Waals surface area (Å²) in [5.41, 5.74) is 3.45. The molecule has 0 bridgehead atoms. The van der Waals surface area contributed by atoms with Gasteiger partial charge in [-0.1, -0.05) is 36.4 Å². The Bertz CT molecular complexity index is 813. The number of Topliss-reactive ketones (excluding diaryl/α,β-unsaturated/α-hetero) is 1. The molecule has 0 N–H and O–H groups in total. The van der Waals surface area contributed by atoms with Gasteiger partial charge in [0.05, 0.1) is 12.2 Å². The van der Waals surface area contributed by atoms with Crippen LogP contribution in [0.2, 0.25) is 0 Å². The molecule has 2 aromatic carbocycles. The Kier molecular flexibility index (Phi) is 5.02. The van der Waals surface area contributed by atoms with E-state index >= 15 is 0 Å². The van der Waals surface area contributed by atoms with E-state index in [1.807, 2.05) is 12.1 Å². The van der Waals surface area contributed by atoms with Crippen molar-refractivity contribution in [3.8, 4) is 11.5 Å². The number of hydrogen-bond donors (Lipinski definition) is 0. The zero-order valence-electron chi connectivity index (χ0n) is 14.8. The number of carbonyl (C=O) groups is 1. The molecule has 0 aromatic heterocycles. The Labute approximate surface area is 154 Å². The van der Waals surface area contributed by atoms with Gasteiger partial charge in [0.2, 0.25) is 5.78 Å². The molecule has 2 aliphatic rings. The summed E-state index contributed by atoms with van der Waals surface area (Å²) in [6.07, 6.45) is 4.42. The summed E-state index contributed by atoms with van der Waals surface area (Å²) in [5, 5.41) is 0. The Balaban J connectivity index is 1.21. The monoisotopic (exact) mass is 349 g/mol. The van der Waals surface area contributed by atoms with Crippen LogP contribution in [0, 0.1) is 0 Å². The van der Waals surface area contributed by atoms with Gasteiger partial charge in [0.1, 0.15) is 11.5 Å². The molecule has 0 saturated carbocycles. The molecule has 134 valence electrons. The van der Waals surface area contributed by atoms with Gasteiger partial charge in [0, 0.05) is 25.7 Å². The van der Waals surface area contributed by atoms with Crippen molar-refractivity contribution in [2.45, 2.75) is 12.8 Å². The average Bonchev–Trinajstić information content (AvgIpc) is 3.07. The minimum atomic E-state index is 0.0413. The molecule has 2 aromatic rings. The second-order valence-corrected chi connectivity index (χ2v) is 6.72. The predicted molar refractivity (Wildman–Crippen MR) is 102 cm³/mol. The molecule has 0 fully saturated rings. The van der Waals surface area contributed by atoms with Crippen molar-refractivity contribution in [3.05, 3.63) is 65.7 Å². The smallest absolute Gasteiger partial charge is 0.203 e. The van der Waals surface area contributed by atoms with Gasteiger partial charge >= 0.3 is 0 Å². The molecule has 4 nitrogen and oxygen atoms in total. The average molecular weight is 349 g/mol. The molecular formula is C22H23NO3. The van der Waals surface area contributed by atoms with Crippen molar-refractivity contribution >= 4 is 11.4 Å². The van der Waals surface area contributed by atoms with Crippen LogP contribution >= 0.6 is 0 Å². The minimum absolute atomic E-state index is 0.0413. The van der Waals surface area contributed by atoms with Crippen molar-refractivity contribution in [1.29, 1.82) is 0 Å². The normalized spacial score (nSPS) is 16.8. The van der Waals surface area contributed by atoms with Gasteiger partial charge in [0.15, 0.2) is 6.61 Å². The third-order valence-electron chi connectivity index (χ3n) is 4.94. The van der Waals surface area contributed by atoms with E-state index in [2.05, 4.69) is 41.3 Å². The van der Waals surface area contributed by atoms with E-state index < -0.39 is 0 Å². The van der Waals surface area contributed by atoms with Crippen molar-refractivity contribution < 1.29 is 14.3 Å². The molecule has 0 aliphatic carbocycles. The zero-order valence-corrected chi connectivity index (χ0v) is 14.8. The number of benzene rings is 2. The van der Waals surface area contributed by atoms with Crippen molar-refractivity contribution in [2.75, 3.05) is 32.8 Å². The Morgan fingerprint density at radius 1 is 1.12 bits per heavy atom. The number of carbonyl (C=O) groups excluding carboxylic acids is 1. The molecule has 0 saturated heterocycles. The van der Waals surface area contributed by atoms with Gasteiger partial charge in [-0.15, -0.1) is 0 Å². The first-order valence-corrected chi connectivity index (χ1v) is 9.19. The number of ketones is 1. The fraction of sp³-hybridized carbons (Fsp3) is 0.318. The summed E-state index contributed by atoms with van der Waals surface area (Å²) in [7, 11) is 0.